The van der Waals surface area contributed by atoms with Crippen LogP contribution in [0, 0.1) is 11.3 Å². The number of benzene rings is 2. The lowest BCUT2D eigenvalue weighted by Gasteiger charge is -2.28. The van der Waals surface area contributed by atoms with E-state index in [0.29, 0.717) is 19.3 Å². The van der Waals surface area contributed by atoms with E-state index in [-0.39, 0.29) is 17.9 Å². The van der Waals surface area contributed by atoms with E-state index in [2.05, 4.69) is 16.5 Å². The summed E-state index contributed by atoms with van der Waals surface area (Å²) in [4.78, 5) is 32.6. The van der Waals surface area contributed by atoms with Gasteiger partial charge in [0.25, 0.3) is 5.91 Å². The molecule has 0 atom stereocenters. The first-order chi connectivity index (χ1) is 17.5. The number of pyridine rings is 1. The maximum atomic E-state index is 12.1. The van der Waals surface area contributed by atoms with Gasteiger partial charge in [0.05, 0.1) is 25.9 Å². The van der Waals surface area contributed by atoms with Crippen molar-refractivity contribution in [1.29, 1.82) is 5.26 Å². The van der Waals surface area contributed by atoms with Gasteiger partial charge in [0.2, 0.25) is 0 Å². The lowest BCUT2D eigenvalue weighted by Crippen LogP contribution is -2.27. The first-order valence-corrected chi connectivity index (χ1v) is 11.6. The number of hydrogen-bond acceptors (Lipinski definition) is 7. The number of carbonyl (C=O) groups excluding carboxylic acids is 2. The number of methoxy groups -OCH3 is 2. The van der Waals surface area contributed by atoms with Crippen LogP contribution in [0.25, 0.3) is 0 Å². The van der Waals surface area contributed by atoms with Crippen molar-refractivity contribution in [2.45, 2.75) is 37.5 Å². The van der Waals surface area contributed by atoms with Gasteiger partial charge >= 0.3 is 5.97 Å². The lowest BCUT2D eigenvalue weighted by atomic mass is 9.72. The van der Waals surface area contributed by atoms with Crippen LogP contribution < -0.4 is 15.0 Å². The van der Waals surface area contributed by atoms with Crippen molar-refractivity contribution in [3.8, 4) is 17.6 Å². The highest BCUT2D eigenvalue weighted by atomic mass is 16.7. The number of carbonyl (C=O) groups is 2. The van der Waals surface area contributed by atoms with Crippen molar-refractivity contribution in [2.75, 3.05) is 14.2 Å². The molecule has 0 aliphatic carbocycles. The van der Waals surface area contributed by atoms with Gasteiger partial charge in [-0.1, -0.05) is 37.1 Å². The molecule has 0 radical (unpaired) electrons. The molecular weight excluding hydrogens is 458 g/mol. The number of ether oxygens (including phenoxy) is 2. The molecule has 1 amide bonds. The SMILES string of the molecule is COc1ccc(C(C#N)(CCCCCC(=O)NOC(=O)c2cccnc2)c2ccc(OC)cc2)cc1. The summed E-state index contributed by atoms with van der Waals surface area (Å²) < 4.78 is 10.5. The van der Waals surface area contributed by atoms with E-state index in [1.54, 1.807) is 32.5 Å². The Bertz CT molecular complexity index is 1130. The van der Waals surface area contributed by atoms with Gasteiger partial charge in [-0.05, 0) is 60.4 Å². The average Bonchev–Trinajstić information content (AvgIpc) is 2.94. The maximum absolute atomic E-state index is 12.1. The van der Waals surface area contributed by atoms with Crippen LogP contribution in [0.2, 0.25) is 0 Å². The molecule has 1 heterocycles. The molecule has 1 aromatic heterocycles. The van der Waals surface area contributed by atoms with Crippen LogP contribution in [0.4, 0.5) is 0 Å². The number of hydroxylamine groups is 1. The number of amides is 1. The Morgan fingerprint density at radius 2 is 1.53 bits per heavy atom. The Balaban J connectivity index is 1.58. The van der Waals surface area contributed by atoms with Gasteiger partial charge in [0.1, 0.15) is 16.9 Å². The van der Waals surface area contributed by atoms with Gasteiger partial charge in [-0.15, -0.1) is 0 Å². The predicted octanol–water partition coefficient (Wildman–Crippen LogP) is 4.75. The smallest absolute Gasteiger partial charge is 0.364 e. The van der Waals surface area contributed by atoms with E-state index in [9.17, 15) is 14.9 Å². The molecule has 0 bridgehead atoms. The second kappa shape index (κ2) is 12.9. The van der Waals surface area contributed by atoms with Crippen LogP contribution in [-0.4, -0.2) is 31.1 Å². The summed E-state index contributed by atoms with van der Waals surface area (Å²) in [7, 11) is 3.21. The molecule has 8 heteroatoms. The average molecular weight is 488 g/mol. The molecule has 0 aliphatic heterocycles. The molecule has 3 rings (SSSR count). The quantitative estimate of drug-likeness (QED) is 0.307. The highest BCUT2D eigenvalue weighted by Crippen LogP contribution is 2.38. The van der Waals surface area contributed by atoms with E-state index in [1.807, 2.05) is 48.5 Å². The third-order valence-corrected chi connectivity index (χ3v) is 5.97. The first-order valence-electron chi connectivity index (χ1n) is 11.6. The van der Waals surface area contributed by atoms with E-state index < -0.39 is 11.4 Å². The number of nitriles is 1. The summed E-state index contributed by atoms with van der Waals surface area (Å²) in [5.74, 6) is 0.379. The van der Waals surface area contributed by atoms with Crippen molar-refractivity contribution in [1.82, 2.24) is 10.5 Å². The summed E-state index contributed by atoms with van der Waals surface area (Å²) in [6.07, 6.45) is 5.70. The van der Waals surface area contributed by atoms with Crippen molar-refractivity contribution < 1.29 is 23.9 Å². The van der Waals surface area contributed by atoms with Crippen LogP contribution in [0.3, 0.4) is 0 Å². The second-order valence-corrected chi connectivity index (χ2v) is 8.19. The molecule has 186 valence electrons. The zero-order valence-electron chi connectivity index (χ0n) is 20.4. The van der Waals surface area contributed by atoms with Crippen LogP contribution >= 0.6 is 0 Å². The number of nitrogens with zero attached hydrogens (tertiary/aromatic N) is 2. The van der Waals surface area contributed by atoms with Gasteiger partial charge in [-0.3, -0.25) is 9.78 Å². The predicted molar refractivity (Wildman–Crippen MR) is 133 cm³/mol. The molecule has 0 aliphatic rings. The molecule has 0 saturated carbocycles. The normalized spacial score (nSPS) is 10.7. The van der Waals surface area contributed by atoms with Crippen LogP contribution in [0.5, 0.6) is 11.5 Å². The third-order valence-electron chi connectivity index (χ3n) is 5.97. The molecule has 1 N–H and O–H groups in total. The second-order valence-electron chi connectivity index (χ2n) is 8.19. The van der Waals surface area contributed by atoms with Gasteiger partial charge in [0.15, 0.2) is 0 Å². The molecular formula is C28H29N3O5. The number of aromatic nitrogens is 1. The summed E-state index contributed by atoms with van der Waals surface area (Å²) in [5, 5.41) is 10.4. The van der Waals surface area contributed by atoms with E-state index in [4.69, 9.17) is 14.3 Å². The van der Waals surface area contributed by atoms with E-state index >= 15 is 0 Å². The monoisotopic (exact) mass is 487 g/mol. The van der Waals surface area contributed by atoms with Gasteiger partial charge in [-0.25, -0.2) is 4.79 Å². The van der Waals surface area contributed by atoms with Crippen LogP contribution in [0.1, 0.15) is 53.6 Å². The first kappa shape index (κ1) is 26.2. The zero-order chi connectivity index (χ0) is 25.8. The Morgan fingerprint density at radius 1 is 0.917 bits per heavy atom. The van der Waals surface area contributed by atoms with E-state index in [0.717, 1.165) is 29.0 Å². The molecule has 3 aromatic rings. The molecule has 36 heavy (non-hydrogen) atoms. The molecule has 2 aromatic carbocycles. The minimum atomic E-state index is -0.861. The Hall–Kier alpha value is -4.38. The van der Waals surface area contributed by atoms with Gasteiger partial charge in [0, 0.05) is 18.8 Å². The van der Waals surface area contributed by atoms with Crippen molar-refractivity contribution in [3.05, 3.63) is 89.7 Å². The Kier molecular flexibility index (Phi) is 9.40. The van der Waals surface area contributed by atoms with Crippen LogP contribution in [-0.2, 0) is 15.0 Å². The highest BCUT2D eigenvalue weighted by molar-refractivity contribution is 5.90. The topological polar surface area (TPSA) is 111 Å². The lowest BCUT2D eigenvalue weighted by molar-refractivity contribution is -0.130. The number of nitrogens with one attached hydrogen (secondary N) is 1. The molecule has 0 spiro atoms. The Labute approximate surface area is 210 Å². The fourth-order valence-corrected chi connectivity index (χ4v) is 3.94. The van der Waals surface area contributed by atoms with Crippen molar-refractivity contribution in [3.63, 3.8) is 0 Å². The fraction of sp³-hybridized carbons (Fsp3) is 0.286. The number of rotatable bonds is 11. The Morgan fingerprint density at radius 3 is 2.03 bits per heavy atom. The van der Waals surface area contributed by atoms with Crippen molar-refractivity contribution in [2.24, 2.45) is 0 Å². The summed E-state index contributed by atoms with van der Waals surface area (Å²) in [6.45, 7) is 0. The largest absolute Gasteiger partial charge is 0.497 e. The van der Waals surface area contributed by atoms with Crippen LogP contribution in [0.15, 0.2) is 73.1 Å². The molecule has 8 nitrogen and oxygen atoms in total. The molecule has 0 unspecified atom stereocenters. The number of unbranched alkanes of at least 4 members (excludes halogenated alkanes) is 2. The summed E-state index contributed by atoms with van der Waals surface area (Å²) >= 11 is 0. The van der Waals surface area contributed by atoms with Gasteiger partial charge in [-0.2, -0.15) is 10.7 Å². The molecule has 0 fully saturated rings. The minimum absolute atomic E-state index is 0.199. The summed E-state index contributed by atoms with van der Waals surface area (Å²) in [5.41, 5.74) is 3.31. The zero-order valence-corrected chi connectivity index (χ0v) is 20.4. The standard InChI is InChI=1S/C28H29N3O5/c1-34-24-13-9-22(10-14-24)28(20-29,23-11-15-25(35-2)16-12-23)17-5-3-4-8-26(32)31-36-27(33)21-7-6-18-30-19-21/h6-7,9-16,18-19H,3-5,8,17H2,1-2H3,(H,31,32). The highest BCUT2D eigenvalue weighted by Gasteiger charge is 2.34. The van der Waals surface area contributed by atoms with Crippen molar-refractivity contribution >= 4 is 11.9 Å². The van der Waals surface area contributed by atoms with Gasteiger partial charge < -0.3 is 14.3 Å². The number of hydrogen-bond donors (Lipinski definition) is 1. The third kappa shape index (κ3) is 6.60. The maximum Gasteiger partial charge on any atom is 0.364 e. The molecule has 0 saturated heterocycles. The minimum Gasteiger partial charge on any atom is -0.497 e. The summed E-state index contributed by atoms with van der Waals surface area (Å²) in [6, 6.07) is 20.8. The fourth-order valence-electron chi connectivity index (χ4n) is 3.94. The van der Waals surface area contributed by atoms with E-state index in [1.165, 1.54) is 6.20 Å².